The standard InChI is InChI=1S/C22H27N5O3/c1-2-17-13-20(25-21(24-17)15-7-9-19(10-8-15)27(29)30)23-18-11-12-26(14-18)22(28)16-5-3-4-6-16/h7-10,13,16,18H,2-6,11-12,14H2,1H3,(H,23,24,25). The van der Waals surface area contributed by atoms with E-state index in [1.54, 1.807) is 12.1 Å². The zero-order valence-electron chi connectivity index (χ0n) is 17.2. The van der Waals surface area contributed by atoms with Gasteiger partial charge in [-0.3, -0.25) is 14.9 Å². The van der Waals surface area contributed by atoms with Gasteiger partial charge in [-0.1, -0.05) is 19.8 Å². The van der Waals surface area contributed by atoms with Crippen LogP contribution in [0.15, 0.2) is 30.3 Å². The maximum absolute atomic E-state index is 12.7. The average molecular weight is 409 g/mol. The first-order chi connectivity index (χ1) is 14.5. The van der Waals surface area contributed by atoms with E-state index in [0.29, 0.717) is 18.3 Å². The molecule has 1 unspecified atom stereocenters. The Kier molecular flexibility index (Phi) is 5.92. The van der Waals surface area contributed by atoms with Crippen molar-refractivity contribution in [2.24, 2.45) is 5.92 Å². The molecule has 1 N–H and O–H groups in total. The number of carbonyl (C=O) groups is 1. The maximum Gasteiger partial charge on any atom is 0.269 e. The van der Waals surface area contributed by atoms with Crippen molar-refractivity contribution in [1.29, 1.82) is 0 Å². The van der Waals surface area contributed by atoms with Gasteiger partial charge in [0.15, 0.2) is 5.82 Å². The molecule has 0 spiro atoms. The van der Waals surface area contributed by atoms with E-state index in [4.69, 9.17) is 0 Å². The Labute approximate surface area is 175 Å². The van der Waals surface area contributed by atoms with Crippen LogP contribution in [0.5, 0.6) is 0 Å². The molecule has 8 nitrogen and oxygen atoms in total. The van der Waals surface area contributed by atoms with E-state index in [2.05, 4.69) is 15.3 Å². The van der Waals surface area contributed by atoms with Gasteiger partial charge in [-0.05, 0) is 37.8 Å². The number of carbonyl (C=O) groups excluding carboxylic acids is 1. The number of nitro benzene ring substituents is 1. The predicted molar refractivity (Wildman–Crippen MR) is 114 cm³/mol. The number of non-ortho nitro benzene ring substituents is 1. The lowest BCUT2D eigenvalue weighted by Gasteiger charge is -2.21. The summed E-state index contributed by atoms with van der Waals surface area (Å²) in [5.41, 5.74) is 1.68. The second kappa shape index (κ2) is 8.77. The summed E-state index contributed by atoms with van der Waals surface area (Å²) in [6.07, 6.45) is 6.04. The summed E-state index contributed by atoms with van der Waals surface area (Å²) >= 11 is 0. The molecule has 2 fully saturated rings. The van der Waals surface area contributed by atoms with Crippen LogP contribution in [0, 0.1) is 16.0 Å². The fourth-order valence-corrected chi connectivity index (χ4v) is 4.33. The fraction of sp³-hybridized carbons (Fsp3) is 0.500. The zero-order valence-corrected chi connectivity index (χ0v) is 17.2. The molecule has 2 heterocycles. The van der Waals surface area contributed by atoms with Gasteiger partial charge in [0, 0.05) is 54.5 Å². The molecule has 1 atom stereocenters. The van der Waals surface area contributed by atoms with Crippen LogP contribution in [-0.4, -0.2) is 44.8 Å². The molecule has 1 aliphatic carbocycles. The lowest BCUT2D eigenvalue weighted by Crippen LogP contribution is -2.35. The summed E-state index contributed by atoms with van der Waals surface area (Å²) in [7, 11) is 0. The van der Waals surface area contributed by atoms with Crippen LogP contribution in [0.25, 0.3) is 11.4 Å². The smallest absolute Gasteiger partial charge is 0.269 e. The molecule has 158 valence electrons. The quantitative estimate of drug-likeness (QED) is 0.575. The highest BCUT2D eigenvalue weighted by molar-refractivity contribution is 5.79. The van der Waals surface area contributed by atoms with E-state index in [1.807, 2.05) is 17.9 Å². The normalized spacial score (nSPS) is 19.2. The van der Waals surface area contributed by atoms with Crippen LogP contribution in [0.2, 0.25) is 0 Å². The summed E-state index contributed by atoms with van der Waals surface area (Å²) in [6, 6.07) is 8.39. The molecule has 1 saturated carbocycles. The summed E-state index contributed by atoms with van der Waals surface area (Å²) in [5, 5.41) is 14.4. The fourth-order valence-electron chi connectivity index (χ4n) is 4.33. The Hall–Kier alpha value is -3.03. The highest BCUT2D eigenvalue weighted by Crippen LogP contribution is 2.28. The van der Waals surface area contributed by atoms with E-state index in [9.17, 15) is 14.9 Å². The topological polar surface area (TPSA) is 101 Å². The van der Waals surface area contributed by atoms with Crippen molar-refractivity contribution >= 4 is 17.4 Å². The third-order valence-electron chi connectivity index (χ3n) is 6.03. The minimum Gasteiger partial charge on any atom is -0.365 e. The molecule has 2 aromatic rings. The van der Waals surface area contributed by atoms with Gasteiger partial charge in [0.25, 0.3) is 5.69 Å². The lowest BCUT2D eigenvalue weighted by atomic mass is 10.1. The van der Waals surface area contributed by atoms with Gasteiger partial charge in [0.2, 0.25) is 5.91 Å². The van der Waals surface area contributed by atoms with Crippen LogP contribution in [0.1, 0.15) is 44.7 Å². The van der Waals surface area contributed by atoms with Crippen molar-refractivity contribution in [3.8, 4) is 11.4 Å². The number of hydrogen-bond donors (Lipinski definition) is 1. The maximum atomic E-state index is 12.7. The van der Waals surface area contributed by atoms with Crippen LogP contribution >= 0.6 is 0 Å². The first kappa shape index (κ1) is 20.3. The van der Waals surface area contributed by atoms with E-state index in [0.717, 1.165) is 62.1 Å². The van der Waals surface area contributed by atoms with Crippen LogP contribution in [0.3, 0.4) is 0 Å². The number of amides is 1. The molecular weight excluding hydrogens is 382 g/mol. The Bertz CT molecular complexity index is 925. The number of rotatable bonds is 6. The molecule has 1 aliphatic heterocycles. The Balaban J connectivity index is 1.47. The van der Waals surface area contributed by atoms with Gasteiger partial charge in [-0.15, -0.1) is 0 Å². The predicted octanol–water partition coefficient (Wildman–Crippen LogP) is 3.82. The highest BCUT2D eigenvalue weighted by Gasteiger charge is 2.32. The zero-order chi connectivity index (χ0) is 21.1. The van der Waals surface area contributed by atoms with Crippen molar-refractivity contribution in [2.75, 3.05) is 18.4 Å². The number of anilines is 1. The van der Waals surface area contributed by atoms with Crippen molar-refractivity contribution in [2.45, 2.75) is 51.5 Å². The number of nitro groups is 1. The first-order valence-corrected chi connectivity index (χ1v) is 10.7. The number of nitrogens with zero attached hydrogens (tertiary/aromatic N) is 4. The van der Waals surface area contributed by atoms with Gasteiger partial charge in [-0.2, -0.15) is 0 Å². The largest absolute Gasteiger partial charge is 0.365 e. The van der Waals surface area contributed by atoms with E-state index < -0.39 is 4.92 Å². The van der Waals surface area contributed by atoms with Crippen LogP contribution in [0.4, 0.5) is 11.5 Å². The third kappa shape index (κ3) is 4.42. The second-order valence-electron chi connectivity index (χ2n) is 8.12. The van der Waals surface area contributed by atoms with Crippen LogP contribution < -0.4 is 5.32 Å². The number of nitrogens with one attached hydrogen (secondary N) is 1. The number of likely N-dealkylation sites (tertiary alicyclic amines) is 1. The van der Waals surface area contributed by atoms with Crippen molar-refractivity contribution in [3.05, 3.63) is 46.1 Å². The minimum atomic E-state index is -0.418. The number of benzene rings is 1. The van der Waals surface area contributed by atoms with Crippen molar-refractivity contribution < 1.29 is 9.72 Å². The summed E-state index contributed by atoms with van der Waals surface area (Å²) in [4.78, 5) is 34.4. The molecule has 1 saturated heterocycles. The van der Waals surface area contributed by atoms with E-state index in [-0.39, 0.29) is 17.6 Å². The highest BCUT2D eigenvalue weighted by atomic mass is 16.6. The molecule has 1 aromatic carbocycles. The summed E-state index contributed by atoms with van der Waals surface area (Å²) in [6.45, 7) is 3.52. The molecule has 30 heavy (non-hydrogen) atoms. The number of hydrogen-bond acceptors (Lipinski definition) is 6. The monoisotopic (exact) mass is 409 g/mol. The number of aryl methyl sites for hydroxylation is 1. The van der Waals surface area contributed by atoms with Crippen molar-refractivity contribution in [3.63, 3.8) is 0 Å². The molecule has 8 heteroatoms. The molecule has 1 aromatic heterocycles. The molecule has 1 amide bonds. The van der Waals surface area contributed by atoms with E-state index in [1.165, 1.54) is 12.1 Å². The van der Waals surface area contributed by atoms with E-state index >= 15 is 0 Å². The van der Waals surface area contributed by atoms with Gasteiger partial charge in [0.1, 0.15) is 5.82 Å². The van der Waals surface area contributed by atoms with Gasteiger partial charge in [-0.25, -0.2) is 9.97 Å². The Morgan fingerprint density at radius 3 is 2.60 bits per heavy atom. The molecule has 0 radical (unpaired) electrons. The lowest BCUT2D eigenvalue weighted by molar-refractivity contribution is -0.384. The Morgan fingerprint density at radius 1 is 1.20 bits per heavy atom. The SMILES string of the molecule is CCc1cc(NC2CCN(C(=O)C3CCCC3)C2)nc(-c2ccc([N+](=O)[O-])cc2)n1. The molecule has 0 bridgehead atoms. The van der Waals surface area contributed by atoms with Gasteiger partial charge >= 0.3 is 0 Å². The summed E-state index contributed by atoms with van der Waals surface area (Å²) < 4.78 is 0. The first-order valence-electron chi connectivity index (χ1n) is 10.7. The van der Waals surface area contributed by atoms with Gasteiger partial charge in [0.05, 0.1) is 4.92 Å². The molecular formula is C22H27N5O3. The van der Waals surface area contributed by atoms with Crippen molar-refractivity contribution in [1.82, 2.24) is 14.9 Å². The minimum absolute atomic E-state index is 0.0433. The third-order valence-corrected chi connectivity index (χ3v) is 6.03. The molecule has 4 rings (SSSR count). The number of aromatic nitrogens is 2. The van der Waals surface area contributed by atoms with Crippen LogP contribution in [-0.2, 0) is 11.2 Å². The Morgan fingerprint density at radius 2 is 1.93 bits per heavy atom. The molecule has 2 aliphatic rings. The second-order valence-corrected chi connectivity index (χ2v) is 8.12. The average Bonchev–Trinajstić information content (AvgIpc) is 3.45. The summed E-state index contributed by atoms with van der Waals surface area (Å²) in [5.74, 6) is 1.79. The van der Waals surface area contributed by atoms with Gasteiger partial charge < -0.3 is 10.2 Å².